The van der Waals surface area contributed by atoms with Crippen LogP contribution in [0.4, 0.5) is 4.79 Å². The molecule has 0 radical (unpaired) electrons. The molecule has 0 N–H and O–H groups in total. The smallest absolute Gasteiger partial charge is 0.410 e. The predicted octanol–water partition coefficient (Wildman–Crippen LogP) is 3.94. The number of amides is 2. The zero-order chi connectivity index (χ0) is 19.1. The zero-order valence-corrected chi connectivity index (χ0v) is 16.5. The Morgan fingerprint density at radius 2 is 1.39 bits per heavy atom. The molecule has 0 aromatic heterocycles. The van der Waals surface area contributed by atoms with E-state index in [1.165, 1.54) is 38.5 Å². The SMILES string of the molecule is O=C(CC12CC3CC(CC(C3)C1)C2)N1CCN(C(=O)Oc2ccccc2)CC1. The van der Waals surface area contributed by atoms with Crippen molar-refractivity contribution in [2.45, 2.75) is 44.9 Å². The highest BCUT2D eigenvalue weighted by Crippen LogP contribution is 2.61. The number of hydrogen-bond acceptors (Lipinski definition) is 3. The molecule has 1 aromatic rings. The van der Waals surface area contributed by atoms with Crippen LogP contribution in [0.2, 0.25) is 0 Å². The van der Waals surface area contributed by atoms with Crippen molar-refractivity contribution in [1.82, 2.24) is 9.80 Å². The van der Waals surface area contributed by atoms with Crippen molar-refractivity contribution >= 4 is 12.0 Å². The molecule has 1 heterocycles. The van der Waals surface area contributed by atoms with Gasteiger partial charge in [0.25, 0.3) is 0 Å². The number of benzene rings is 1. The van der Waals surface area contributed by atoms with E-state index in [1.54, 1.807) is 17.0 Å². The lowest BCUT2D eigenvalue weighted by molar-refractivity contribution is -0.141. The Morgan fingerprint density at radius 3 is 1.96 bits per heavy atom. The zero-order valence-electron chi connectivity index (χ0n) is 16.5. The molecule has 1 aliphatic heterocycles. The Labute approximate surface area is 167 Å². The lowest BCUT2D eigenvalue weighted by Crippen LogP contribution is -2.53. The molecule has 5 heteroatoms. The first-order valence-electron chi connectivity index (χ1n) is 10.9. The van der Waals surface area contributed by atoms with E-state index >= 15 is 0 Å². The lowest BCUT2D eigenvalue weighted by atomic mass is 9.49. The van der Waals surface area contributed by atoms with E-state index in [2.05, 4.69) is 0 Å². The quantitative estimate of drug-likeness (QED) is 0.796. The molecular formula is C23H30N2O3. The molecule has 4 saturated carbocycles. The van der Waals surface area contributed by atoms with E-state index in [9.17, 15) is 9.59 Å². The molecule has 0 unspecified atom stereocenters. The number of carbonyl (C=O) groups excluding carboxylic acids is 2. The van der Waals surface area contributed by atoms with Gasteiger partial charge in [0.2, 0.25) is 5.91 Å². The van der Waals surface area contributed by atoms with Gasteiger partial charge >= 0.3 is 6.09 Å². The van der Waals surface area contributed by atoms with Gasteiger partial charge in [0.1, 0.15) is 5.75 Å². The van der Waals surface area contributed by atoms with Crippen LogP contribution in [0.3, 0.4) is 0 Å². The highest BCUT2D eigenvalue weighted by atomic mass is 16.6. The first kappa shape index (κ1) is 18.0. The van der Waals surface area contributed by atoms with Gasteiger partial charge < -0.3 is 14.5 Å². The second-order valence-electron chi connectivity index (χ2n) is 9.64. The monoisotopic (exact) mass is 382 g/mol. The average molecular weight is 383 g/mol. The van der Waals surface area contributed by atoms with E-state index in [1.807, 2.05) is 23.1 Å². The second kappa shape index (κ2) is 7.09. The maximum absolute atomic E-state index is 13.0. The van der Waals surface area contributed by atoms with Gasteiger partial charge in [0, 0.05) is 32.6 Å². The summed E-state index contributed by atoms with van der Waals surface area (Å²) < 4.78 is 5.42. The topological polar surface area (TPSA) is 49.9 Å². The first-order valence-corrected chi connectivity index (χ1v) is 10.9. The number of nitrogens with zero attached hydrogens (tertiary/aromatic N) is 2. The highest BCUT2D eigenvalue weighted by molar-refractivity contribution is 5.78. The third-order valence-corrected chi connectivity index (χ3v) is 7.53. The van der Waals surface area contributed by atoms with Gasteiger partial charge in [-0.2, -0.15) is 0 Å². The average Bonchev–Trinajstić information content (AvgIpc) is 2.67. The number of carbonyl (C=O) groups is 2. The summed E-state index contributed by atoms with van der Waals surface area (Å²) in [5.41, 5.74) is 0.287. The van der Waals surface area contributed by atoms with Crippen molar-refractivity contribution in [3.63, 3.8) is 0 Å². The van der Waals surface area contributed by atoms with Crippen LogP contribution in [0, 0.1) is 23.2 Å². The largest absolute Gasteiger partial charge is 0.415 e. The summed E-state index contributed by atoms with van der Waals surface area (Å²) in [6.07, 6.45) is 8.46. The van der Waals surface area contributed by atoms with Crippen LogP contribution in [-0.2, 0) is 4.79 Å². The maximum atomic E-state index is 13.0. The summed E-state index contributed by atoms with van der Waals surface area (Å²) in [7, 11) is 0. The summed E-state index contributed by atoms with van der Waals surface area (Å²) in [5, 5.41) is 0. The molecule has 1 aromatic carbocycles. The van der Waals surface area contributed by atoms with Crippen LogP contribution in [0.15, 0.2) is 30.3 Å². The Balaban J connectivity index is 1.14. The van der Waals surface area contributed by atoms with E-state index in [-0.39, 0.29) is 11.5 Å². The van der Waals surface area contributed by atoms with Gasteiger partial charge in [-0.1, -0.05) is 18.2 Å². The van der Waals surface area contributed by atoms with Gasteiger partial charge in [-0.05, 0) is 73.8 Å². The minimum atomic E-state index is -0.320. The number of piperazine rings is 1. The van der Waals surface area contributed by atoms with Crippen LogP contribution in [0.5, 0.6) is 5.75 Å². The van der Waals surface area contributed by atoms with Gasteiger partial charge in [0.15, 0.2) is 0 Å². The standard InChI is InChI=1S/C23H30N2O3/c26-21(16-23-13-17-10-18(14-23)12-19(11-17)15-23)24-6-8-25(9-7-24)22(27)28-20-4-2-1-3-5-20/h1-5,17-19H,6-16H2. The molecular weight excluding hydrogens is 352 g/mol. The summed E-state index contributed by atoms with van der Waals surface area (Å²) in [4.78, 5) is 29.1. The van der Waals surface area contributed by atoms with Crippen molar-refractivity contribution in [2.24, 2.45) is 23.2 Å². The molecule has 5 nitrogen and oxygen atoms in total. The van der Waals surface area contributed by atoms with Crippen molar-refractivity contribution in [2.75, 3.05) is 26.2 Å². The van der Waals surface area contributed by atoms with Gasteiger partial charge in [-0.3, -0.25) is 4.79 Å². The summed E-state index contributed by atoms with van der Waals surface area (Å²) in [6, 6.07) is 9.16. The van der Waals surface area contributed by atoms with E-state index in [4.69, 9.17) is 4.74 Å². The number of hydrogen-bond donors (Lipinski definition) is 0. The van der Waals surface area contributed by atoms with E-state index in [0.29, 0.717) is 37.8 Å². The molecule has 6 rings (SSSR count). The van der Waals surface area contributed by atoms with Crippen LogP contribution >= 0.6 is 0 Å². The van der Waals surface area contributed by atoms with Crippen molar-refractivity contribution in [3.8, 4) is 5.75 Å². The van der Waals surface area contributed by atoms with Crippen LogP contribution in [0.1, 0.15) is 44.9 Å². The summed E-state index contributed by atoms with van der Waals surface area (Å²) in [5.74, 6) is 3.50. The molecule has 5 fully saturated rings. The normalized spacial score (nSPS) is 33.8. The third kappa shape index (κ3) is 3.51. The Morgan fingerprint density at radius 1 is 0.857 bits per heavy atom. The third-order valence-electron chi connectivity index (χ3n) is 7.53. The fourth-order valence-electron chi connectivity index (χ4n) is 6.73. The summed E-state index contributed by atoms with van der Waals surface area (Å²) >= 11 is 0. The van der Waals surface area contributed by atoms with Crippen molar-refractivity contribution in [3.05, 3.63) is 30.3 Å². The number of ether oxygens (including phenoxy) is 1. The maximum Gasteiger partial charge on any atom is 0.415 e. The fourth-order valence-corrected chi connectivity index (χ4v) is 6.73. The van der Waals surface area contributed by atoms with Crippen LogP contribution in [-0.4, -0.2) is 48.0 Å². The number of rotatable bonds is 3. The van der Waals surface area contributed by atoms with Gasteiger partial charge in [0.05, 0.1) is 0 Å². The molecule has 0 atom stereocenters. The van der Waals surface area contributed by atoms with Gasteiger partial charge in [-0.15, -0.1) is 0 Å². The van der Waals surface area contributed by atoms with Gasteiger partial charge in [-0.25, -0.2) is 4.79 Å². The van der Waals surface area contributed by atoms with E-state index < -0.39 is 0 Å². The predicted molar refractivity (Wildman–Crippen MR) is 106 cm³/mol. The fraction of sp³-hybridized carbons (Fsp3) is 0.652. The highest BCUT2D eigenvalue weighted by Gasteiger charge is 2.51. The Bertz CT molecular complexity index is 704. The molecule has 4 aliphatic carbocycles. The summed E-state index contributed by atoms with van der Waals surface area (Å²) in [6.45, 7) is 2.35. The molecule has 1 saturated heterocycles. The molecule has 5 aliphatic rings. The Kier molecular flexibility index (Phi) is 4.56. The second-order valence-corrected chi connectivity index (χ2v) is 9.64. The minimum Gasteiger partial charge on any atom is -0.410 e. The minimum absolute atomic E-state index is 0.287. The molecule has 0 spiro atoms. The van der Waals surface area contributed by atoms with E-state index in [0.717, 1.165) is 24.2 Å². The van der Waals surface area contributed by atoms with Crippen LogP contribution in [0.25, 0.3) is 0 Å². The lowest BCUT2D eigenvalue weighted by Gasteiger charge is -2.57. The van der Waals surface area contributed by atoms with Crippen molar-refractivity contribution < 1.29 is 14.3 Å². The first-order chi connectivity index (χ1) is 13.6. The molecule has 4 bridgehead atoms. The molecule has 2 amide bonds. The molecule has 150 valence electrons. The van der Waals surface area contributed by atoms with Crippen molar-refractivity contribution in [1.29, 1.82) is 0 Å². The Hall–Kier alpha value is -2.04. The van der Waals surface area contributed by atoms with Crippen LogP contribution < -0.4 is 4.74 Å². The number of para-hydroxylation sites is 1. The molecule has 28 heavy (non-hydrogen) atoms.